The topological polar surface area (TPSA) is 59.3 Å². The summed E-state index contributed by atoms with van der Waals surface area (Å²) in [6, 6.07) is 5.19. The van der Waals surface area contributed by atoms with Gasteiger partial charge in [-0.15, -0.1) is 0 Å². The molecule has 0 fully saturated rings. The van der Waals surface area contributed by atoms with Crippen LogP contribution in [0.5, 0.6) is 0 Å². The van der Waals surface area contributed by atoms with Gasteiger partial charge in [-0.3, -0.25) is 4.79 Å². The molecule has 4 nitrogen and oxygen atoms in total. The van der Waals surface area contributed by atoms with Crippen molar-refractivity contribution < 1.29 is 13.6 Å². The van der Waals surface area contributed by atoms with E-state index in [1.54, 1.807) is 20.8 Å². The van der Waals surface area contributed by atoms with Gasteiger partial charge in [0, 0.05) is 23.4 Å². The summed E-state index contributed by atoms with van der Waals surface area (Å²) in [5.41, 5.74) is -0.211. The summed E-state index contributed by atoms with van der Waals surface area (Å²) in [5.74, 6) is -0.565. The molecule has 5 heteroatoms. The minimum Gasteiger partial charge on any atom is -0.423 e. The Morgan fingerprint density at radius 3 is 2.65 bits per heavy atom. The van der Waals surface area contributed by atoms with Gasteiger partial charge >= 0.3 is 5.63 Å². The van der Waals surface area contributed by atoms with E-state index in [2.05, 4.69) is 5.32 Å². The number of amides is 1. The van der Waals surface area contributed by atoms with Crippen LogP contribution in [0, 0.1) is 11.2 Å². The van der Waals surface area contributed by atoms with Gasteiger partial charge in [0.25, 0.3) is 0 Å². The normalized spacial score (nSPS) is 11.6. The summed E-state index contributed by atoms with van der Waals surface area (Å²) >= 11 is 0. The van der Waals surface area contributed by atoms with Gasteiger partial charge in [-0.05, 0) is 23.8 Å². The van der Waals surface area contributed by atoms with E-state index in [4.69, 9.17) is 4.42 Å². The molecule has 106 valence electrons. The molecule has 1 heterocycles. The van der Waals surface area contributed by atoms with Gasteiger partial charge in [0.2, 0.25) is 5.91 Å². The summed E-state index contributed by atoms with van der Waals surface area (Å²) in [6.07, 6.45) is 0. The van der Waals surface area contributed by atoms with E-state index in [1.807, 2.05) is 0 Å². The van der Waals surface area contributed by atoms with E-state index in [1.165, 1.54) is 24.3 Å². The van der Waals surface area contributed by atoms with E-state index >= 15 is 0 Å². The molecular formula is C15H16FNO3. The van der Waals surface area contributed by atoms with Gasteiger partial charge in [-0.25, -0.2) is 9.18 Å². The lowest BCUT2D eigenvalue weighted by molar-refractivity contribution is -0.128. The molecule has 1 aromatic carbocycles. The van der Waals surface area contributed by atoms with Crippen molar-refractivity contribution in [3.8, 4) is 0 Å². The summed E-state index contributed by atoms with van der Waals surface area (Å²) in [4.78, 5) is 23.3. The van der Waals surface area contributed by atoms with Crippen molar-refractivity contribution in [3.05, 3.63) is 46.1 Å². The Morgan fingerprint density at radius 1 is 1.30 bits per heavy atom. The molecule has 0 unspecified atom stereocenters. The van der Waals surface area contributed by atoms with Crippen LogP contribution < -0.4 is 10.9 Å². The number of fused-ring (bicyclic) bond motifs is 1. The Kier molecular flexibility index (Phi) is 3.61. The first-order valence-corrected chi connectivity index (χ1v) is 6.28. The largest absolute Gasteiger partial charge is 0.423 e. The molecule has 0 spiro atoms. The molecule has 2 aromatic rings. The second-order valence-electron chi connectivity index (χ2n) is 5.66. The van der Waals surface area contributed by atoms with Crippen LogP contribution in [0.1, 0.15) is 26.3 Å². The molecule has 0 aliphatic rings. The van der Waals surface area contributed by atoms with Crippen LogP contribution in [0.25, 0.3) is 11.0 Å². The van der Waals surface area contributed by atoms with Crippen molar-refractivity contribution in [3.63, 3.8) is 0 Å². The van der Waals surface area contributed by atoms with Crippen LogP contribution >= 0.6 is 0 Å². The van der Waals surface area contributed by atoms with Crippen molar-refractivity contribution in [1.82, 2.24) is 5.32 Å². The standard InChI is InChI=1S/C15H16FNO3/c1-15(2,3)14(19)17-8-9-6-13(18)20-12-5-4-10(16)7-11(9)12/h4-7H,8H2,1-3H3,(H,17,19). The molecule has 0 radical (unpaired) electrons. The summed E-state index contributed by atoms with van der Waals surface area (Å²) in [5, 5.41) is 3.22. The first kappa shape index (κ1) is 14.2. The highest BCUT2D eigenvalue weighted by Crippen LogP contribution is 2.19. The lowest BCUT2D eigenvalue weighted by Crippen LogP contribution is -2.34. The molecule has 0 aliphatic carbocycles. The molecule has 0 atom stereocenters. The molecule has 0 aliphatic heterocycles. The first-order valence-electron chi connectivity index (χ1n) is 6.28. The third-order valence-electron chi connectivity index (χ3n) is 2.91. The number of carbonyl (C=O) groups is 1. The Balaban J connectivity index is 2.36. The van der Waals surface area contributed by atoms with Crippen LogP contribution in [0.15, 0.2) is 33.5 Å². The van der Waals surface area contributed by atoms with Crippen molar-refractivity contribution in [2.75, 3.05) is 0 Å². The molecule has 1 aromatic heterocycles. The average molecular weight is 277 g/mol. The number of rotatable bonds is 2. The molecule has 0 saturated heterocycles. The van der Waals surface area contributed by atoms with Crippen LogP contribution in [0.2, 0.25) is 0 Å². The molecular weight excluding hydrogens is 261 g/mol. The predicted molar refractivity (Wildman–Crippen MR) is 73.7 cm³/mol. The highest BCUT2D eigenvalue weighted by molar-refractivity contribution is 5.83. The van der Waals surface area contributed by atoms with Crippen LogP contribution in [-0.2, 0) is 11.3 Å². The quantitative estimate of drug-likeness (QED) is 0.858. The lowest BCUT2D eigenvalue weighted by Gasteiger charge is -2.17. The number of hydrogen-bond acceptors (Lipinski definition) is 3. The minimum absolute atomic E-state index is 0.143. The Bertz CT molecular complexity index is 713. The Labute approximate surface area is 115 Å². The van der Waals surface area contributed by atoms with E-state index in [9.17, 15) is 14.0 Å². The third-order valence-corrected chi connectivity index (χ3v) is 2.91. The van der Waals surface area contributed by atoms with E-state index < -0.39 is 16.9 Å². The maximum absolute atomic E-state index is 13.3. The SMILES string of the molecule is CC(C)(C)C(=O)NCc1cc(=O)oc2ccc(F)cc12. The van der Waals surface area contributed by atoms with Crippen molar-refractivity contribution in [2.45, 2.75) is 27.3 Å². The predicted octanol–water partition coefficient (Wildman–Crippen LogP) is 2.59. The molecule has 2 rings (SSSR count). The maximum atomic E-state index is 13.3. The van der Waals surface area contributed by atoms with Gasteiger partial charge < -0.3 is 9.73 Å². The second-order valence-corrected chi connectivity index (χ2v) is 5.66. The fourth-order valence-electron chi connectivity index (χ4n) is 1.79. The molecule has 1 N–H and O–H groups in total. The number of halogens is 1. The highest BCUT2D eigenvalue weighted by atomic mass is 19.1. The molecule has 20 heavy (non-hydrogen) atoms. The van der Waals surface area contributed by atoms with E-state index in [0.717, 1.165) is 0 Å². The Morgan fingerprint density at radius 2 is 2.00 bits per heavy atom. The average Bonchev–Trinajstić information content (AvgIpc) is 2.35. The number of carbonyl (C=O) groups excluding carboxylic acids is 1. The first-order chi connectivity index (χ1) is 9.27. The minimum atomic E-state index is -0.527. The van der Waals surface area contributed by atoms with Gasteiger partial charge in [0.15, 0.2) is 0 Å². The zero-order chi connectivity index (χ0) is 14.9. The van der Waals surface area contributed by atoms with Crippen LogP contribution in [0.4, 0.5) is 4.39 Å². The maximum Gasteiger partial charge on any atom is 0.336 e. The number of nitrogens with one attached hydrogen (secondary N) is 1. The summed E-state index contributed by atoms with van der Waals surface area (Å²) in [6.45, 7) is 5.53. The zero-order valence-corrected chi connectivity index (χ0v) is 11.6. The highest BCUT2D eigenvalue weighted by Gasteiger charge is 2.21. The van der Waals surface area contributed by atoms with Gasteiger partial charge in [-0.2, -0.15) is 0 Å². The van der Waals surface area contributed by atoms with Crippen molar-refractivity contribution in [1.29, 1.82) is 0 Å². The molecule has 0 bridgehead atoms. The lowest BCUT2D eigenvalue weighted by atomic mass is 9.95. The summed E-state index contributed by atoms with van der Waals surface area (Å²) in [7, 11) is 0. The fraction of sp³-hybridized carbons (Fsp3) is 0.333. The van der Waals surface area contributed by atoms with Gasteiger partial charge in [-0.1, -0.05) is 20.8 Å². The third kappa shape index (κ3) is 3.04. The van der Waals surface area contributed by atoms with Crippen molar-refractivity contribution in [2.24, 2.45) is 5.41 Å². The molecule has 0 saturated carbocycles. The van der Waals surface area contributed by atoms with Crippen LogP contribution in [-0.4, -0.2) is 5.91 Å². The van der Waals surface area contributed by atoms with Crippen molar-refractivity contribution >= 4 is 16.9 Å². The van der Waals surface area contributed by atoms with E-state index in [-0.39, 0.29) is 12.5 Å². The summed E-state index contributed by atoms with van der Waals surface area (Å²) < 4.78 is 18.3. The van der Waals surface area contributed by atoms with E-state index in [0.29, 0.717) is 16.5 Å². The van der Waals surface area contributed by atoms with Gasteiger partial charge in [0.05, 0.1) is 0 Å². The Hall–Kier alpha value is -2.17. The van der Waals surface area contributed by atoms with Gasteiger partial charge in [0.1, 0.15) is 11.4 Å². The molecule has 1 amide bonds. The van der Waals surface area contributed by atoms with Crippen LogP contribution in [0.3, 0.4) is 0 Å². The fourth-order valence-corrected chi connectivity index (χ4v) is 1.79. The number of hydrogen-bond donors (Lipinski definition) is 1. The zero-order valence-electron chi connectivity index (χ0n) is 11.6. The number of benzene rings is 1. The smallest absolute Gasteiger partial charge is 0.336 e. The monoisotopic (exact) mass is 277 g/mol. The second kappa shape index (κ2) is 5.07.